The van der Waals surface area contributed by atoms with Crippen LogP contribution in [0.5, 0.6) is 11.8 Å². The van der Waals surface area contributed by atoms with Crippen LogP contribution in [0, 0.1) is 6.92 Å². The van der Waals surface area contributed by atoms with Gasteiger partial charge >= 0.3 is 0 Å². The fourth-order valence-electron chi connectivity index (χ4n) is 6.39. The molecule has 0 aliphatic rings. The van der Waals surface area contributed by atoms with E-state index in [1.165, 1.54) is 10.8 Å². The molecule has 0 fully saturated rings. The zero-order chi connectivity index (χ0) is 30.6. The summed E-state index contributed by atoms with van der Waals surface area (Å²) in [7, 11) is 0. The first-order chi connectivity index (χ1) is 22.7. The largest absolute Gasteiger partial charge is 0.437 e. The van der Waals surface area contributed by atoms with Crippen LogP contribution < -0.4 is 4.74 Å². The molecular formula is C40H26N4O2. The van der Waals surface area contributed by atoms with Crippen LogP contribution in [-0.4, -0.2) is 19.5 Å². The zero-order valence-corrected chi connectivity index (χ0v) is 24.9. The normalized spacial score (nSPS) is 11.6. The van der Waals surface area contributed by atoms with E-state index in [9.17, 15) is 0 Å². The molecule has 0 saturated heterocycles. The predicted molar refractivity (Wildman–Crippen MR) is 184 cm³/mol. The number of aromatic nitrogens is 4. The minimum atomic E-state index is 0.445. The second kappa shape index (κ2) is 10.4. The summed E-state index contributed by atoms with van der Waals surface area (Å²) in [5, 5.41) is 4.35. The molecule has 5 aromatic heterocycles. The van der Waals surface area contributed by atoms with Gasteiger partial charge in [0, 0.05) is 56.2 Å². The van der Waals surface area contributed by atoms with Crippen LogP contribution in [0.25, 0.3) is 72.1 Å². The lowest BCUT2D eigenvalue weighted by Gasteiger charge is -2.12. The number of pyridine rings is 3. The van der Waals surface area contributed by atoms with Gasteiger partial charge in [0.15, 0.2) is 0 Å². The van der Waals surface area contributed by atoms with Gasteiger partial charge in [-0.1, -0.05) is 78.9 Å². The number of ether oxygens (including phenoxy) is 1. The van der Waals surface area contributed by atoms with Crippen LogP contribution in [0.2, 0.25) is 0 Å². The lowest BCUT2D eigenvalue weighted by molar-refractivity contribution is 0.446. The molecule has 0 radical (unpaired) electrons. The molecular weight excluding hydrogens is 568 g/mol. The molecule has 0 aliphatic carbocycles. The second-order valence-electron chi connectivity index (χ2n) is 11.3. The average molecular weight is 595 g/mol. The van der Waals surface area contributed by atoms with E-state index >= 15 is 0 Å². The Balaban J connectivity index is 1.12. The molecule has 0 unspecified atom stereocenters. The van der Waals surface area contributed by atoms with E-state index < -0.39 is 0 Å². The molecule has 46 heavy (non-hydrogen) atoms. The Bertz CT molecular complexity index is 2580. The molecule has 218 valence electrons. The smallest absolute Gasteiger partial charge is 0.227 e. The molecule has 0 N–H and O–H groups in total. The predicted octanol–water partition coefficient (Wildman–Crippen LogP) is 10.3. The molecule has 5 heterocycles. The third-order valence-electron chi connectivity index (χ3n) is 8.42. The molecule has 6 nitrogen and oxygen atoms in total. The van der Waals surface area contributed by atoms with Gasteiger partial charge in [-0.3, -0.25) is 0 Å². The molecule has 0 spiro atoms. The van der Waals surface area contributed by atoms with Gasteiger partial charge in [0.25, 0.3) is 0 Å². The van der Waals surface area contributed by atoms with Crippen molar-refractivity contribution in [2.45, 2.75) is 6.92 Å². The lowest BCUT2D eigenvalue weighted by Crippen LogP contribution is -1.97. The minimum absolute atomic E-state index is 0.445. The first-order valence-corrected chi connectivity index (χ1v) is 15.2. The third-order valence-corrected chi connectivity index (χ3v) is 8.42. The summed E-state index contributed by atoms with van der Waals surface area (Å²) >= 11 is 0. The van der Waals surface area contributed by atoms with E-state index in [4.69, 9.17) is 19.1 Å². The van der Waals surface area contributed by atoms with Crippen LogP contribution in [-0.2, 0) is 0 Å². The lowest BCUT2D eigenvalue weighted by atomic mass is 10.1. The number of rotatable bonds is 5. The van der Waals surface area contributed by atoms with Crippen LogP contribution in [0.4, 0.5) is 0 Å². The number of fused-ring (bicyclic) bond motifs is 6. The van der Waals surface area contributed by atoms with Crippen molar-refractivity contribution < 1.29 is 9.15 Å². The van der Waals surface area contributed by atoms with Gasteiger partial charge in [0.1, 0.15) is 5.58 Å². The number of aryl methyl sites for hydroxylation is 1. The first kappa shape index (κ1) is 26.2. The molecule has 0 saturated carbocycles. The van der Waals surface area contributed by atoms with Crippen molar-refractivity contribution in [3.63, 3.8) is 0 Å². The summed E-state index contributed by atoms with van der Waals surface area (Å²) in [6.45, 7) is 1.96. The van der Waals surface area contributed by atoms with Gasteiger partial charge in [-0.2, -0.15) is 0 Å². The molecule has 9 aromatic rings. The maximum Gasteiger partial charge on any atom is 0.227 e. The van der Waals surface area contributed by atoms with E-state index in [1.807, 2.05) is 67.6 Å². The van der Waals surface area contributed by atoms with E-state index in [0.29, 0.717) is 17.5 Å². The quantitative estimate of drug-likeness (QED) is 0.198. The summed E-state index contributed by atoms with van der Waals surface area (Å²) in [5.41, 5.74) is 9.08. The van der Waals surface area contributed by atoms with Crippen LogP contribution in [0.15, 0.2) is 144 Å². The Morgan fingerprint density at radius 3 is 1.98 bits per heavy atom. The maximum absolute atomic E-state index is 6.30. The van der Waals surface area contributed by atoms with Crippen molar-refractivity contribution in [3.05, 3.63) is 145 Å². The Labute approximate surface area is 264 Å². The van der Waals surface area contributed by atoms with Crippen molar-refractivity contribution in [1.29, 1.82) is 0 Å². The highest BCUT2D eigenvalue weighted by atomic mass is 16.5. The number of benzene rings is 4. The highest BCUT2D eigenvalue weighted by Crippen LogP contribution is 2.39. The molecule has 4 aromatic carbocycles. The summed E-state index contributed by atoms with van der Waals surface area (Å²) in [4.78, 5) is 14.4. The van der Waals surface area contributed by atoms with E-state index in [1.54, 1.807) is 0 Å². The number of hydrogen-bond donors (Lipinski definition) is 0. The van der Waals surface area contributed by atoms with E-state index in [-0.39, 0.29) is 0 Å². The molecule has 0 bridgehead atoms. The van der Waals surface area contributed by atoms with Gasteiger partial charge in [-0.15, -0.1) is 0 Å². The summed E-state index contributed by atoms with van der Waals surface area (Å²) in [5.74, 6) is 0.906. The van der Waals surface area contributed by atoms with Gasteiger partial charge in [-0.25, -0.2) is 15.0 Å². The fraction of sp³-hybridized carbons (Fsp3) is 0.0250. The Hall–Kier alpha value is -6.27. The summed E-state index contributed by atoms with van der Waals surface area (Å²) in [6.07, 6.45) is 0. The second-order valence-corrected chi connectivity index (χ2v) is 11.3. The maximum atomic E-state index is 6.30. The number of furan rings is 1. The average Bonchev–Trinajstić information content (AvgIpc) is 3.64. The van der Waals surface area contributed by atoms with Crippen molar-refractivity contribution in [1.82, 2.24) is 19.5 Å². The van der Waals surface area contributed by atoms with Crippen LogP contribution in [0.1, 0.15) is 5.69 Å². The zero-order valence-electron chi connectivity index (χ0n) is 24.9. The Morgan fingerprint density at radius 2 is 1.17 bits per heavy atom. The molecule has 9 rings (SSSR count). The number of nitrogens with zero attached hydrogens (tertiary/aromatic N) is 4. The minimum Gasteiger partial charge on any atom is -0.437 e. The molecule has 0 atom stereocenters. The Kier molecular flexibility index (Phi) is 5.93. The van der Waals surface area contributed by atoms with Crippen molar-refractivity contribution >= 4 is 43.9 Å². The summed E-state index contributed by atoms with van der Waals surface area (Å²) in [6, 6.07) is 47.1. The van der Waals surface area contributed by atoms with Gasteiger partial charge in [-0.05, 0) is 55.5 Å². The van der Waals surface area contributed by atoms with Gasteiger partial charge < -0.3 is 13.7 Å². The van der Waals surface area contributed by atoms with E-state index in [0.717, 1.165) is 61.3 Å². The van der Waals surface area contributed by atoms with Gasteiger partial charge in [0.2, 0.25) is 17.5 Å². The summed E-state index contributed by atoms with van der Waals surface area (Å²) < 4.78 is 14.9. The van der Waals surface area contributed by atoms with Crippen molar-refractivity contribution in [2.75, 3.05) is 0 Å². The van der Waals surface area contributed by atoms with Crippen LogP contribution >= 0.6 is 0 Å². The number of hydrogen-bond acceptors (Lipinski definition) is 5. The fourth-order valence-corrected chi connectivity index (χ4v) is 6.39. The molecule has 0 aliphatic heterocycles. The highest BCUT2D eigenvalue weighted by Gasteiger charge is 2.18. The molecule has 0 amide bonds. The van der Waals surface area contributed by atoms with Crippen molar-refractivity contribution in [2.24, 2.45) is 0 Å². The Morgan fingerprint density at radius 1 is 0.522 bits per heavy atom. The SMILES string of the molecule is Cc1ccc2c(n1)oc1c(-c3cccc(Oc4cccc(-c5cccc6c7ccccc7n(-c7ccccc7)c56)n4)n3)cccc12. The standard InChI is InChI=1S/C40H26N4O2/c1-25-23-24-30-29-15-8-17-32(39(29)46-40(30)41-25)34-19-10-22-37(43-34)45-36-21-9-18-33(42-36)31-16-7-14-28-27-13-5-6-20-35(27)44(38(28)31)26-11-3-2-4-12-26/h2-24H,1H3. The van der Waals surface area contributed by atoms with E-state index in [2.05, 4.69) is 88.4 Å². The number of para-hydroxylation sites is 4. The third kappa shape index (κ3) is 4.23. The first-order valence-electron chi connectivity index (χ1n) is 15.2. The molecule has 6 heteroatoms. The van der Waals surface area contributed by atoms with Crippen LogP contribution in [0.3, 0.4) is 0 Å². The highest BCUT2D eigenvalue weighted by molar-refractivity contribution is 6.13. The topological polar surface area (TPSA) is 66.0 Å². The van der Waals surface area contributed by atoms with Crippen molar-refractivity contribution in [3.8, 4) is 40.0 Å². The monoisotopic (exact) mass is 594 g/mol. The van der Waals surface area contributed by atoms with Gasteiger partial charge in [0.05, 0.1) is 22.4 Å².